The Balaban J connectivity index is 1.63. The molecule has 3 rings (SSSR count). The predicted octanol–water partition coefficient (Wildman–Crippen LogP) is 0.768. The third-order valence-corrected chi connectivity index (χ3v) is 7.52. The van der Waals surface area contributed by atoms with Crippen LogP contribution in [0.1, 0.15) is 16.9 Å². The quantitative estimate of drug-likeness (QED) is 0.738. The second kappa shape index (κ2) is 7.51. The summed E-state index contributed by atoms with van der Waals surface area (Å²) < 4.78 is 28.6. The number of hydrogen-bond donors (Lipinski definition) is 0. The number of nitrogens with zero attached hydrogens (tertiary/aromatic N) is 2. The van der Waals surface area contributed by atoms with E-state index < -0.39 is 9.84 Å². The van der Waals surface area contributed by atoms with Crippen molar-refractivity contribution in [2.75, 3.05) is 44.9 Å². The van der Waals surface area contributed by atoms with E-state index in [4.69, 9.17) is 4.74 Å². The fourth-order valence-corrected chi connectivity index (χ4v) is 6.07. The van der Waals surface area contributed by atoms with Gasteiger partial charge in [0.05, 0.1) is 24.7 Å². The maximum absolute atomic E-state index is 12.8. The molecule has 1 atom stereocenters. The van der Waals surface area contributed by atoms with Gasteiger partial charge in [0.2, 0.25) is 5.91 Å². The average Bonchev–Trinajstić information content (AvgIpc) is 3.13. The molecule has 6 nitrogen and oxygen atoms in total. The number of amides is 1. The van der Waals surface area contributed by atoms with Crippen LogP contribution in [0.15, 0.2) is 11.4 Å². The Kier molecular flexibility index (Phi) is 5.59. The Labute approximate surface area is 147 Å². The molecule has 0 aliphatic carbocycles. The van der Waals surface area contributed by atoms with Gasteiger partial charge in [0, 0.05) is 37.7 Å². The number of carbonyl (C=O) groups excluding carboxylic acids is 1. The number of rotatable bonds is 6. The van der Waals surface area contributed by atoms with E-state index in [0.29, 0.717) is 26.1 Å². The minimum atomic E-state index is -3.01. The molecule has 1 unspecified atom stereocenters. The summed E-state index contributed by atoms with van der Waals surface area (Å²) in [6.07, 6.45) is 1.52. The first-order chi connectivity index (χ1) is 11.5. The molecule has 0 spiro atoms. The van der Waals surface area contributed by atoms with Crippen molar-refractivity contribution in [2.45, 2.75) is 25.4 Å². The van der Waals surface area contributed by atoms with Crippen molar-refractivity contribution >= 4 is 27.1 Å². The highest BCUT2D eigenvalue weighted by molar-refractivity contribution is 7.91. The van der Waals surface area contributed by atoms with Crippen molar-refractivity contribution in [3.05, 3.63) is 21.9 Å². The third-order valence-electron chi connectivity index (χ3n) is 4.75. The molecule has 0 bridgehead atoms. The lowest BCUT2D eigenvalue weighted by atomic mass is 10.1. The van der Waals surface area contributed by atoms with Crippen LogP contribution in [-0.2, 0) is 32.3 Å². The molecule has 8 heteroatoms. The molecule has 1 aromatic rings. The molecule has 134 valence electrons. The molecular formula is C16H24N2O4S2. The second-order valence-corrected chi connectivity index (χ2v) is 9.70. The first kappa shape index (κ1) is 17.8. The molecule has 24 heavy (non-hydrogen) atoms. The smallest absolute Gasteiger partial charge is 0.237 e. The van der Waals surface area contributed by atoms with E-state index in [1.165, 1.54) is 10.4 Å². The summed E-state index contributed by atoms with van der Waals surface area (Å²) >= 11 is 1.78. The van der Waals surface area contributed by atoms with Crippen LogP contribution < -0.4 is 0 Å². The van der Waals surface area contributed by atoms with Crippen molar-refractivity contribution in [3.8, 4) is 0 Å². The van der Waals surface area contributed by atoms with E-state index in [-0.39, 0.29) is 23.5 Å². The monoisotopic (exact) mass is 372 g/mol. The SMILES string of the molecule is COCCN(C(=O)CN1CCc2sccc2C1)C1CCS(=O)(=O)C1. The van der Waals surface area contributed by atoms with Gasteiger partial charge in [-0.05, 0) is 29.9 Å². The van der Waals surface area contributed by atoms with Gasteiger partial charge in [0.15, 0.2) is 9.84 Å². The summed E-state index contributed by atoms with van der Waals surface area (Å²) in [5.41, 5.74) is 1.31. The fraction of sp³-hybridized carbons (Fsp3) is 0.688. The van der Waals surface area contributed by atoms with Crippen LogP contribution in [0.5, 0.6) is 0 Å². The highest BCUT2D eigenvalue weighted by atomic mass is 32.2. The van der Waals surface area contributed by atoms with Gasteiger partial charge >= 0.3 is 0 Å². The lowest BCUT2D eigenvalue weighted by molar-refractivity contribution is -0.135. The Morgan fingerprint density at radius 2 is 2.33 bits per heavy atom. The number of ether oxygens (including phenoxy) is 1. The van der Waals surface area contributed by atoms with Gasteiger partial charge in [-0.15, -0.1) is 11.3 Å². The first-order valence-corrected chi connectivity index (χ1v) is 10.9. The second-order valence-electron chi connectivity index (χ2n) is 6.47. The summed E-state index contributed by atoms with van der Waals surface area (Å²) in [6, 6.07) is 1.92. The molecule has 0 saturated carbocycles. The van der Waals surface area contributed by atoms with E-state index in [2.05, 4.69) is 16.3 Å². The van der Waals surface area contributed by atoms with E-state index in [1.807, 2.05) is 0 Å². The minimum Gasteiger partial charge on any atom is -0.383 e. The molecule has 0 radical (unpaired) electrons. The highest BCUT2D eigenvalue weighted by Gasteiger charge is 2.35. The van der Waals surface area contributed by atoms with E-state index in [0.717, 1.165) is 19.5 Å². The molecule has 1 fully saturated rings. The molecule has 3 heterocycles. The Morgan fingerprint density at radius 3 is 3.04 bits per heavy atom. The van der Waals surface area contributed by atoms with E-state index >= 15 is 0 Å². The zero-order chi connectivity index (χ0) is 17.2. The van der Waals surface area contributed by atoms with Gasteiger partial charge in [0.25, 0.3) is 0 Å². The molecule has 2 aliphatic heterocycles. The molecule has 1 amide bonds. The van der Waals surface area contributed by atoms with Gasteiger partial charge in [-0.1, -0.05) is 0 Å². The Bertz CT molecular complexity index is 686. The number of hydrogen-bond acceptors (Lipinski definition) is 6. The highest BCUT2D eigenvalue weighted by Crippen LogP contribution is 2.24. The maximum Gasteiger partial charge on any atom is 0.237 e. The van der Waals surface area contributed by atoms with Gasteiger partial charge in [-0.25, -0.2) is 8.42 Å². The van der Waals surface area contributed by atoms with Crippen LogP contribution in [0.4, 0.5) is 0 Å². The average molecular weight is 373 g/mol. The van der Waals surface area contributed by atoms with Crippen molar-refractivity contribution in [3.63, 3.8) is 0 Å². The molecule has 1 saturated heterocycles. The number of fused-ring (bicyclic) bond motifs is 1. The van der Waals surface area contributed by atoms with Crippen LogP contribution in [0.3, 0.4) is 0 Å². The van der Waals surface area contributed by atoms with Gasteiger partial charge in [0.1, 0.15) is 0 Å². The van der Waals surface area contributed by atoms with Crippen molar-refractivity contribution in [1.82, 2.24) is 9.80 Å². The number of thiophene rings is 1. The lowest BCUT2D eigenvalue weighted by Gasteiger charge is -2.32. The molecule has 0 aromatic carbocycles. The topological polar surface area (TPSA) is 66.9 Å². The normalized spacial score (nSPS) is 23.1. The first-order valence-electron chi connectivity index (χ1n) is 8.25. The van der Waals surface area contributed by atoms with Crippen LogP contribution in [0.25, 0.3) is 0 Å². The number of sulfone groups is 1. The summed E-state index contributed by atoms with van der Waals surface area (Å²) in [5, 5.41) is 2.10. The summed E-state index contributed by atoms with van der Waals surface area (Å²) in [5.74, 6) is 0.265. The van der Waals surface area contributed by atoms with Gasteiger partial charge in [-0.2, -0.15) is 0 Å². The number of carbonyl (C=O) groups is 1. The van der Waals surface area contributed by atoms with Crippen LogP contribution in [0.2, 0.25) is 0 Å². The summed E-state index contributed by atoms with van der Waals surface area (Å²) in [7, 11) is -1.42. The van der Waals surface area contributed by atoms with Crippen molar-refractivity contribution < 1.29 is 17.9 Å². The molecule has 0 N–H and O–H groups in total. The Morgan fingerprint density at radius 1 is 1.50 bits per heavy atom. The van der Waals surface area contributed by atoms with Crippen LogP contribution in [0, 0.1) is 0 Å². The molecule has 2 aliphatic rings. The summed E-state index contributed by atoms with van der Waals surface area (Å²) in [4.78, 5) is 18.1. The third kappa shape index (κ3) is 4.17. The predicted molar refractivity (Wildman–Crippen MR) is 93.9 cm³/mol. The van der Waals surface area contributed by atoms with Crippen molar-refractivity contribution in [1.29, 1.82) is 0 Å². The van der Waals surface area contributed by atoms with Crippen LogP contribution in [-0.4, -0.2) is 75.0 Å². The Hall–Kier alpha value is -0.960. The van der Waals surface area contributed by atoms with E-state index in [9.17, 15) is 13.2 Å². The largest absolute Gasteiger partial charge is 0.383 e. The van der Waals surface area contributed by atoms with Gasteiger partial charge < -0.3 is 9.64 Å². The molecular weight excluding hydrogens is 348 g/mol. The maximum atomic E-state index is 12.8. The standard InChI is InChI=1S/C16H24N2O4S2/c1-22-7-6-18(14-4-9-24(20,21)12-14)16(19)11-17-5-2-15-13(10-17)3-8-23-15/h3,8,14H,2,4-7,9-12H2,1H3. The molecule has 1 aromatic heterocycles. The zero-order valence-electron chi connectivity index (χ0n) is 13.9. The minimum absolute atomic E-state index is 0.00725. The van der Waals surface area contributed by atoms with Gasteiger partial charge in [-0.3, -0.25) is 9.69 Å². The van der Waals surface area contributed by atoms with Crippen LogP contribution >= 0.6 is 11.3 Å². The zero-order valence-corrected chi connectivity index (χ0v) is 15.6. The number of methoxy groups -OCH3 is 1. The fourth-order valence-electron chi connectivity index (χ4n) is 3.45. The lowest BCUT2D eigenvalue weighted by Crippen LogP contribution is -2.48. The summed E-state index contributed by atoms with van der Waals surface area (Å²) in [6.45, 7) is 2.89. The van der Waals surface area contributed by atoms with E-state index in [1.54, 1.807) is 23.3 Å². The van der Waals surface area contributed by atoms with Crippen molar-refractivity contribution in [2.24, 2.45) is 0 Å².